The molecule has 402 valence electrons. The molecule has 4 amide bonds. The molecule has 0 aliphatic carbocycles. The Morgan fingerprint density at radius 1 is 0.985 bits per heavy atom. The van der Waals surface area contributed by atoms with E-state index in [9.17, 15) is 24.0 Å². The summed E-state index contributed by atoms with van der Waals surface area (Å²) < 4.78 is 10.9. The molecule has 1 fully saturated rings. The summed E-state index contributed by atoms with van der Waals surface area (Å²) in [5.41, 5.74) is 0.686. The van der Waals surface area contributed by atoms with Crippen molar-refractivity contribution in [2.45, 2.75) is 197 Å². The van der Waals surface area contributed by atoms with E-state index in [-0.39, 0.29) is 41.8 Å². The summed E-state index contributed by atoms with van der Waals surface area (Å²) in [6.07, 6.45) is 15.4. The molecule has 0 saturated carbocycles. The number of nitrogens with zero attached hydrogens (tertiary/aromatic N) is 4. The van der Waals surface area contributed by atoms with Gasteiger partial charge in [0.05, 0.1) is 30.9 Å². The maximum absolute atomic E-state index is 12.2. The van der Waals surface area contributed by atoms with Crippen LogP contribution in [0.15, 0.2) is 24.4 Å². The highest BCUT2D eigenvalue weighted by molar-refractivity contribution is 5.88. The number of hydrogen-bond donors (Lipinski definition) is 4. The molecule has 1 aliphatic heterocycles. The first-order chi connectivity index (χ1) is 32.2. The summed E-state index contributed by atoms with van der Waals surface area (Å²) in [5.74, 6) is 1.02. The molecule has 1 aromatic heterocycles. The summed E-state index contributed by atoms with van der Waals surface area (Å²) in [7, 11) is 8.10. The SMILES string of the molecule is CC.CC(=O)CCOC(C)(C)CCO.CC(C)CCN(C)CC(=O)NC(C(=O)N(C)C)C(C)C.CCC.CCCCCCC(=O)N1CCCC1C(CC)OC.CO.O=CNCCc1ccccn1. The topological polar surface area (TPSA) is 191 Å². The number of ether oxygens (including phenoxy) is 2. The number of aliphatic hydroxyl groups excluding tert-OH is 2. The quantitative estimate of drug-likeness (QED) is 0.0518. The monoisotopic (exact) mass is 971 g/mol. The third kappa shape index (κ3) is 43.8. The van der Waals surface area contributed by atoms with Gasteiger partial charge in [0.1, 0.15) is 11.8 Å². The fourth-order valence-corrected chi connectivity index (χ4v) is 6.36. The molecule has 2 heterocycles. The Morgan fingerprint density at radius 3 is 2.06 bits per heavy atom. The average molecular weight is 971 g/mol. The van der Waals surface area contributed by atoms with Gasteiger partial charge in [-0.3, -0.25) is 33.9 Å². The Morgan fingerprint density at radius 2 is 1.60 bits per heavy atom. The molecule has 0 bridgehead atoms. The number of aromatic nitrogens is 1. The van der Waals surface area contributed by atoms with Gasteiger partial charge in [-0.25, -0.2) is 0 Å². The van der Waals surface area contributed by atoms with Crippen LogP contribution in [0.2, 0.25) is 0 Å². The number of hydrogen-bond acceptors (Lipinski definition) is 11. The number of Topliss-reactive ketones (excluding diaryl/α,β-unsaturated/α-hetero) is 1. The largest absolute Gasteiger partial charge is 0.400 e. The lowest BCUT2D eigenvalue weighted by Crippen LogP contribution is -2.51. The maximum atomic E-state index is 12.2. The van der Waals surface area contributed by atoms with Crippen LogP contribution in [0.25, 0.3) is 0 Å². The fraction of sp³-hybridized carbons (Fsp3) is 0.811. The first kappa shape index (κ1) is 73.5. The highest BCUT2D eigenvalue weighted by atomic mass is 16.5. The smallest absolute Gasteiger partial charge is 0.244 e. The van der Waals surface area contributed by atoms with Gasteiger partial charge in [0, 0.05) is 79.2 Å². The molecule has 2 rings (SSSR count). The van der Waals surface area contributed by atoms with Gasteiger partial charge in [-0.2, -0.15) is 0 Å². The Balaban J connectivity index is -0.000000253. The van der Waals surface area contributed by atoms with Crippen LogP contribution in [0.5, 0.6) is 0 Å². The highest BCUT2D eigenvalue weighted by Gasteiger charge is 2.33. The molecular formula is C53H106N6O9. The van der Waals surface area contributed by atoms with Gasteiger partial charge >= 0.3 is 0 Å². The molecule has 0 radical (unpaired) electrons. The number of ketones is 1. The van der Waals surface area contributed by atoms with Crippen LogP contribution in [0, 0.1) is 11.8 Å². The first-order valence-corrected chi connectivity index (χ1v) is 25.5. The lowest BCUT2D eigenvalue weighted by molar-refractivity contribution is -0.135. The van der Waals surface area contributed by atoms with Crippen LogP contribution >= 0.6 is 0 Å². The molecule has 0 spiro atoms. The normalized spacial score (nSPS) is 13.4. The number of amides is 4. The Bertz CT molecular complexity index is 1310. The minimum absolute atomic E-state index is 0.0572. The van der Waals surface area contributed by atoms with Crippen molar-refractivity contribution in [2.75, 3.05) is 74.8 Å². The zero-order valence-electron chi connectivity index (χ0n) is 46.7. The van der Waals surface area contributed by atoms with Crippen LogP contribution in [0.1, 0.15) is 173 Å². The second-order valence-corrected chi connectivity index (χ2v) is 18.1. The number of carbonyl (C=O) groups excluding carboxylic acids is 5. The van der Waals surface area contributed by atoms with Gasteiger partial charge in [-0.1, -0.05) is 101 Å². The number of aliphatic hydroxyl groups is 2. The minimum atomic E-state index is -0.448. The fourth-order valence-electron chi connectivity index (χ4n) is 6.36. The summed E-state index contributed by atoms with van der Waals surface area (Å²) in [4.78, 5) is 66.4. The van der Waals surface area contributed by atoms with Gasteiger partial charge in [-0.15, -0.1) is 0 Å². The molecule has 1 aromatic rings. The second-order valence-electron chi connectivity index (χ2n) is 18.1. The van der Waals surface area contributed by atoms with Gasteiger partial charge in [0.25, 0.3) is 0 Å². The van der Waals surface area contributed by atoms with Gasteiger partial charge in [0.15, 0.2) is 0 Å². The summed E-state index contributed by atoms with van der Waals surface area (Å²) >= 11 is 0. The van der Waals surface area contributed by atoms with E-state index in [1.807, 2.05) is 71.7 Å². The van der Waals surface area contributed by atoms with Crippen molar-refractivity contribution in [2.24, 2.45) is 11.8 Å². The lowest BCUT2D eigenvalue weighted by atomic mass is 10.0. The number of pyridine rings is 1. The number of rotatable bonds is 26. The third-order valence-corrected chi connectivity index (χ3v) is 10.2. The first-order valence-electron chi connectivity index (χ1n) is 25.5. The van der Waals surface area contributed by atoms with Gasteiger partial charge in [0.2, 0.25) is 24.1 Å². The van der Waals surface area contributed by atoms with Crippen LogP contribution < -0.4 is 10.6 Å². The van der Waals surface area contributed by atoms with Gasteiger partial charge < -0.3 is 40.1 Å². The minimum Gasteiger partial charge on any atom is -0.400 e. The Kier molecular flexibility index (Phi) is 53.9. The van der Waals surface area contributed by atoms with E-state index >= 15 is 0 Å². The molecule has 15 nitrogen and oxygen atoms in total. The van der Waals surface area contributed by atoms with Crippen molar-refractivity contribution in [3.05, 3.63) is 30.1 Å². The van der Waals surface area contributed by atoms with Crippen LogP contribution in [0.3, 0.4) is 0 Å². The number of likely N-dealkylation sites (N-methyl/N-ethyl adjacent to an activating group) is 2. The zero-order valence-corrected chi connectivity index (χ0v) is 46.7. The average Bonchev–Trinajstić information content (AvgIpc) is 3.79. The van der Waals surface area contributed by atoms with Crippen molar-refractivity contribution in [3.8, 4) is 0 Å². The molecule has 4 N–H and O–H groups in total. The Hall–Kier alpha value is -3.50. The summed E-state index contributed by atoms with van der Waals surface area (Å²) in [6.45, 7) is 29.5. The molecule has 0 aromatic carbocycles. The van der Waals surface area contributed by atoms with Crippen LogP contribution in [0.4, 0.5) is 0 Å². The molecule has 1 aliphatic rings. The molecule has 15 heteroatoms. The third-order valence-electron chi connectivity index (χ3n) is 10.2. The molecule has 68 heavy (non-hydrogen) atoms. The van der Waals surface area contributed by atoms with Crippen LogP contribution in [-0.2, 0) is 39.9 Å². The molecule has 3 atom stereocenters. The second kappa shape index (κ2) is 49.9. The summed E-state index contributed by atoms with van der Waals surface area (Å²) in [5, 5.41) is 21.1. The van der Waals surface area contributed by atoms with Crippen molar-refractivity contribution in [3.63, 3.8) is 0 Å². The van der Waals surface area contributed by atoms with Crippen LogP contribution in [-0.4, -0.2) is 158 Å². The maximum Gasteiger partial charge on any atom is 0.244 e. The number of nitrogens with one attached hydrogen (secondary N) is 2. The predicted molar refractivity (Wildman–Crippen MR) is 281 cm³/mol. The van der Waals surface area contributed by atoms with Crippen molar-refractivity contribution in [1.29, 1.82) is 0 Å². The zero-order chi connectivity index (χ0) is 53.5. The number of likely N-dealkylation sites (tertiary alicyclic amines) is 1. The van der Waals surface area contributed by atoms with E-state index in [1.165, 1.54) is 30.6 Å². The Labute approximate surface area is 416 Å². The van der Waals surface area contributed by atoms with E-state index < -0.39 is 6.04 Å². The summed E-state index contributed by atoms with van der Waals surface area (Å²) in [6, 6.07) is 5.61. The number of methoxy groups -OCH3 is 1. The van der Waals surface area contributed by atoms with Crippen molar-refractivity contribution >= 4 is 29.9 Å². The van der Waals surface area contributed by atoms with E-state index in [0.717, 1.165) is 70.8 Å². The van der Waals surface area contributed by atoms with E-state index in [4.69, 9.17) is 19.7 Å². The molecule has 1 saturated heterocycles. The van der Waals surface area contributed by atoms with E-state index in [0.29, 0.717) is 56.8 Å². The molecule has 3 unspecified atom stereocenters. The standard InChI is InChI=1S/C15H31N3O2.C15H29NO2.C9H18O3.C8H10N2O.C3H8.C2H6.CH4O/c1-11(2)8-9-18(7)10-13(19)16-14(12(3)4)15(20)17(5)6;1-4-6-7-8-11-15(17)16-12-9-10-13(16)14(5-2)18-3;1-8(11)4-7-12-9(2,3)5-6-10;11-7-9-6-4-8-3-1-2-5-10-8;1-3-2;2*1-2/h11-12,14H,8-10H2,1-7H3,(H,16,19);13-14H,4-12H2,1-3H3;10H,4-7H2,1-3H3;1-3,5,7H,4,6H2,(H,9,11);3H2,1-2H3;1-2H3;2H,1H3. The van der Waals surface area contributed by atoms with Gasteiger partial charge in [-0.05, 0) is 96.9 Å². The predicted octanol–water partition coefficient (Wildman–Crippen LogP) is 8.13. The van der Waals surface area contributed by atoms with E-state index in [1.54, 1.807) is 34.3 Å². The highest BCUT2D eigenvalue weighted by Crippen LogP contribution is 2.25. The lowest BCUT2D eigenvalue weighted by Gasteiger charge is -2.30. The number of unbranched alkanes of at least 4 members (excludes halogenated alkanes) is 3. The number of carbonyl (C=O) groups is 5. The van der Waals surface area contributed by atoms with Crippen molar-refractivity contribution in [1.82, 2.24) is 30.3 Å². The van der Waals surface area contributed by atoms with E-state index in [2.05, 4.69) is 62.1 Å². The van der Waals surface area contributed by atoms with Crippen molar-refractivity contribution < 1.29 is 43.7 Å². The molecular weight excluding hydrogens is 865 g/mol.